The molecule has 1 aromatic rings. The maximum Gasteiger partial charge on any atom is 0.118 e. The van der Waals surface area contributed by atoms with E-state index < -0.39 is 0 Å². The van der Waals surface area contributed by atoms with Gasteiger partial charge < -0.3 is 10.1 Å². The number of rotatable bonds is 4. The van der Waals surface area contributed by atoms with Gasteiger partial charge in [-0.25, -0.2) is 0 Å². The predicted molar refractivity (Wildman–Crippen MR) is 80.5 cm³/mol. The van der Waals surface area contributed by atoms with Crippen molar-refractivity contribution >= 4 is 0 Å². The van der Waals surface area contributed by atoms with Crippen molar-refractivity contribution in [2.45, 2.75) is 51.1 Å². The topological polar surface area (TPSA) is 45.0 Å². The minimum atomic E-state index is 0.151. The Morgan fingerprint density at radius 2 is 1.90 bits per heavy atom. The van der Waals surface area contributed by atoms with Crippen molar-refractivity contribution in [3.05, 3.63) is 29.8 Å². The fraction of sp³-hybridized carbons (Fsp3) is 0.588. The number of nitrogens with one attached hydrogen (secondary N) is 1. The van der Waals surface area contributed by atoms with Gasteiger partial charge in [0.2, 0.25) is 0 Å². The van der Waals surface area contributed by atoms with Crippen LogP contribution in [0.4, 0.5) is 0 Å². The number of ether oxygens (including phenoxy) is 1. The molecule has 3 nitrogen and oxygen atoms in total. The van der Waals surface area contributed by atoms with E-state index in [1.807, 2.05) is 12.1 Å². The van der Waals surface area contributed by atoms with Crippen molar-refractivity contribution in [3.8, 4) is 11.8 Å². The van der Waals surface area contributed by atoms with Gasteiger partial charge >= 0.3 is 0 Å². The molecule has 3 heteroatoms. The Balaban J connectivity index is 2.01. The number of nitrogens with zero attached hydrogens (tertiary/aromatic N) is 1. The lowest BCUT2D eigenvalue weighted by molar-refractivity contribution is 0.361. The van der Waals surface area contributed by atoms with Crippen LogP contribution in [0.1, 0.15) is 50.6 Å². The molecule has 0 saturated heterocycles. The van der Waals surface area contributed by atoms with Crippen LogP contribution < -0.4 is 10.1 Å². The third-order valence-corrected chi connectivity index (χ3v) is 4.26. The van der Waals surface area contributed by atoms with Crippen LogP contribution in [-0.2, 0) is 0 Å². The van der Waals surface area contributed by atoms with Crippen LogP contribution in [0.2, 0.25) is 0 Å². The van der Waals surface area contributed by atoms with Crippen LogP contribution in [-0.4, -0.2) is 13.2 Å². The second kappa shape index (κ2) is 7.31. The summed E-state index contributed by atoms with van der Waals surface area (Å²) in [6, 6.07) is 11.2. The molecular weight excluding hydrogens is 248 g/mol. The quantitative estimate of drug-likeness (QED) is 0.847. The van der Waals surface area contributed by atoms with Crippen LogP contribution in [0.3, 0.4) is 0 Å². The van der Waals surface area contributed by atoms with E-state index in [-0.39, 0.29) is 12.0 Å². The molecule has 1 fully saturated rings. The second-order valence-corrected chi connectivity index (χ2v) is 5.64. The normalized spacial score (nSPS) is 24.4. The fourth-order valence-corrected chi connectivity index (χ4v) is 2.97. The molecule has 0 radical (unpaired) electrons. The molecule has 2 unspecified atom stereocenters. The highest BCUT2D eigenvalue weighted by Gasteiger charge is 2.24. The molecule has 0 spiro atoms. The average Bonchev–Trinajstić information content (AvgIpc) is 2.72. The molecule has 1 saturated carbocycles. The Morgan fingerprint density at radius 1 is 1.20 bits per heavy atom. The summed E-state index contributed by atoms with van der Waals surface area (Å²) >= 11 is 0. The summed E-state index contributed by atoms with van der Waals surface area (Å²) in [5.74, 6) is 1.03. The molecule has 20 heavy (non-hydrogen) atoms. The van der Waals surface area contributed by atoms with Crippen molar-refractivity contribution in [1.82, 2.24) is 5.32 Å². The number of hydrogen-bond acceptors (Lipinski definition) is 3. The van der Waals surface area contributed by atoms with Crippen LogP contribution >= 0.6 is 0 Å². The second-order valence-electron chi connectivity index (χ2n) is 5.64. The highest BCUT2D eigenvalue weighted by atomic mass is 16.5. The summed E-state index contributed by atoms with van der Waals surface area (Å²) in [6.45, 7) is 2.17. The van der Waals surface area contributed by atoms with Gasteiger partial charge in [0.05, 0.1) is 19.1 Å². The number of benzene rings is 1. The van der Waals surface area contributed by atoms with E-state index >= 15 is 0 Å². The lowest BCUT2D eigenvalue weighted by atomic mass is 9.94. The van der Waals surface area contributed by atoms with Crippen LogP contribution in [0.5, 0.6) is 5.75 Å². The third kappa shape index (κ3) is 3.74. The van der Waals surface area contributed by atoms with Gasteiger partial charge in [0, 0.05) is 12.1 Å². The van der Waals surface area contributed by atoms with Crippen molar-refractivity contribution in [3.63, 3.8) is 0 Å². The predicted octanol–water partition coefficient (Wildman–Crippen LogP) is 3.82. The molecule has 0 bridgehead atoms. The molecule has 0 heterocycles. The maximum absolute atomic E-state index is 9.33. The highest BCUT2D eigenvalue weighted by molar-refractivity contribution is 5.28. The van der Waals surface area contributed by atoms with E-state index in [0.717, 1.165) is 18.6 Å². The number of hydrogen-bond donors (Lipinski definition) is 1. The van der Waals surface area contributed by atoms with Gasteiger partial charge in [-0.15, -0.1) is 0 Å². The molecule has 1 N–H and O–H groups in total. The average molecular weight is 272 g/mol. The zero-order chi connectivity index (χ0) is 14.4. The lowest BCUT2D eigenvalue weighted by Gasteiger charge is -2.25. The van der Waals surface area contributed by atoms with Gasteiger partial charge in [0.15, 0.2) is 0 Å². The Bertz CT molecular complexity index is 449. The third-order valence-electron chi connectivity index (χ3n) is 4.26. The van der Waals surface area contributed by atoms with Crippen molar-refractivity contribution in [1.29, 1.82) is 5.26 Å². The van der Waals surface area contributed by atoms with Crippen LogP contribution in [0, 0.1) is 17.2 Å². The van der Waals surface area contributed by atoms with Crippen LogP contribution in [0.25, 0.3) is 0 Å². The zero-order valence-corrected chi connectivity index (χ0v) is 12.4. The summed E-state index contributed by atoms with van der Waals surface area (Å²) in [5, 5.41) is 13.0. The smallest absolute Gasteiger partial charge is 0.118 e. The Morgan fingerprint density at radius 3 is 2.55 bits per heavy atom. The summed E-state index contributed by atoms with van der Waals surface area (Å²) in [7, 11) is 1.68. The lowest BCUT2D eigenvalue weighted by Crippen LogP contribution is -2.36. The number of nitriles is 1. The highest BCUT2D eigenvalue weighted by Crippen LogP contribution is 2.26. The molecule has 0 amide bonds. The maximum atomic E-state index is 9.33. The minimum absolute atomic E-state index is 0.151. The van der Waals surface area contributed by atoms with Gasteiger partial charge in [-0.05, 0) is 37.5 Å². The Hall–Kier alpha value is -1.53. The summed E-state index contributed by atoms with van der Waals surface area (Å²) < 4.78 is 5.19. The van der Waals surface area contributed by atoms with Gasteiger partial charge in [-0.2, -0.15) is 5.26 Å². The van der Waals surface area contributed by atoms with Gasteiger partial charge in [-0.3, -0.25) is 0 Å². The first kappa shape index (κ1) is 14.9. The molecule has 108 valence electrons. The van der Waals surface area contributed by atoms with Gasteiger partial charge in [0.1, 0.15) is 5.75 Å². The fourth-order valence-electron chi connectivity index (χ4n) is 2.97. The number of methoxy groups -OCH3 is 1. The Labute approximate surface area is 121 Å². The largest absolute Gasteiger partial charge is 0.497 e. The van der Waals surface area contributed by atoms with E-state index in [9.17, 15) is 5.26 Å². The first-order valence-corrected chi connectivity index (χ1v) is 7.54. The van der Waals surface area contributed by atoms with E-state index in [1.165, 1.54) is 24.8 Å². The molecule has 1 aromatic carbocycles. The van der Waals surface area contributed by atoms with Gasteiger partial charge in [-0.1, -0.05) is 31.4 Å². The first-order valence-electron chi connectivity index (χ1n) is 7.54. The zero-order valence-electron chi connectivity index (χ0n) is 12.4. The van der Waals surface area contributed by atoms with E-state index in [2.05, 4.69) is 30.4 Å². The van der Waals surface area contributed by atoms with Crippen molar-refractivity contribution in [2.24, 2.45) is 5.92 Å². The van der Waals surface area contributed by atoms with E-state index in [0.29, 0.717) is 6.04 Å². The Kier molecular flexibility index (Phi) is 5.43. The van der Waals surface area contributed by atoms with Crippen LogP contribution in [0.15, 0.2) is 24.3 Å². The van der Waals surface area contributed by atoms with Gasteiger partial charge in [0.25, 0.3) is 0 Å². The summed E-state index contributed by atoms with van der Waals surface area (Å²) in [4.78, 5) is 0. The standard InChI is InChI=1S/C17H24N2O/c1-13(14-8-10-16(20-2)11-9-14)19-17-7-5-3-4-6-15(17)12-18/h8-11,13,15,17,19H,3-7H2,1-2H3/t13-,15?,17?/m1/s1. The van der Waals surface area contributed by atoms with E-state index in [1.54, 1.807) is 7.11 Å². The molecule has 3 atom stereocenters. The summed E-state index contributed by atoms with van der Waals surface area (Å²) in [5.41, 5.74) is 1.24. The molecule has 1 aliphatic carbocycles. The monoisotopic (exact) mass is 272 g/mol. The summed E-state index contributed by atoms with van der Waals surface area (Å²) in [6.07, 6.45) is 5.81. The van der Waals surface area contributed by atoms with Crippen molar-refractivity contribution < 1.29 is 4.74 Å². The van der Waals surface area contributed by atoms with E-state index in [4.69, 9.17) is 4.74 Å². The molecule has 2 rings (SSSR count). The molecular formula is C17H24N2O. The van der Waals surface area contributed by atoms with Crippen molar-refractivity contribution in [2.75, 3.05) is 7.11 Å². The molecule has 0 aromatic heterocycles. The SMILES string of the molecule is COc1ccc([C@@H](C)NC2CCCCCC2C#N)cc1. The molecule has 1 aliphatic rings. The minimum Gasteiger partial charge on any atom is -0.497 e. The molecule has 0 aliphatic heterocycles. The first-order chi connectivity index (χ1) is 9.74.